The van der Waals surface area contributed by atoms with Gasteiger partial charge in [0.1, 0.15) is 5.15 Å². The van der Waals surface area contributed by atoms with Crippen molar-refractivity contribution in [1.29, 1.82) is 0 Å². The molecule has 1 aromatic heterocycles. The molecule has 1 heterocycles. The third kappa shape index (κ3) is 1.77. The first-order valence-electron chi connectivity index (χ1n) is 3.70. The van der Waals surface area contributed by atoms with Gasteiger partial charge in [-0.05, 0) is 12.5 Å². The van der Waals surface area contributed by atoms with Gasteiger partial charge in [0.2, 0.25) is 0 Å². The zero-order valence-electron chi connectivity index (χ0n) is 7.61. The number of hydrogen-bond acceptors (Lipinski definition) is 1. The van der Waals surface area contributed by atoms with E-state index < -0.39 is 11.9 Å². The van der Waals surface area contributed by atoms with E-state index in [1.165, 1.54) is 14.0 Å². The lowest BCUT2D eigenvalue weighted by atomic mass is 10.1. The van der Waals surface area contributed by atoms with E-state index in [1.807, 2.05) is 0 Å². The predicted octanol–water partition coefficient (Wildman–Crippen LogP) is 3.13. The smallest absolute Gasteiger partial charge is 0.256 e. The number of nitrogens with zero attached hydrogens (tertiary/aromatic N) is 2. The summed E-state index contributed by atoms with van der Waals surface area (Å²) >= 11 is 5.65. The summed E-state index contributed by atoms with van der Waals surface area (Å²) in [6.45, 7) is 4.89. The molecule has 0 saturated carbocycles. The number of aromatic nitrogens is 2. The molecule has 0 unspecified atom stereocenters. The van der Waals surface area contributed by atoms with Crippen molar-refractivity contribution in [3.63, 3.8) is 0 Å². The zero-order valence-corrected chi connectivity index (χ0v) is 8.37. The SMILES string of the molecule is C=C(C)c1c(C(F)(F)F)nn(C)c1Cl. The van der Waals surface area contributed by atoms with Gasteiger partial charge in [-0.25, -0.2) is 0 Å². The van der Waals surface area contributed by atoms with Crippen molar-refractivity contribution >= 4 is 17.2 Å². The fourth-order valence-corrected chi connectivity index (χ4v) is 1.37. The van der Waals surface area contributed by atoms with Gasteiger partial charge in [0.05, 0.1) is 0 Å². The van der Waals surface area contributed by atoms with Crippen molar-refractivity contribution < 1.29 is 13.2 Å². The Bertz CT molecular complexity index is 379. The number of allylic oxidation sites excluding steroid dienone is 1. The molecule has 1 rings (SSSR count). The lowest BCUT2D eigenvalue weighted by molar-refractivity contribution is -0.141. The Labute approximate surface area is 84.0 Å². The van der Waals surface area contributed by atoms with Crippen LogP contribution in [0.15, 0.2) is 6.58 Å². The number of halogens is 4. The van der Waals surface area contributed by atoms with Crippen LogP contribution in [-0.2, 0) is 13.2 Å². The molecule has 6 heteroatoms. The molecule has 2 nitrogen and oxygen atoms in total. The van der Waals surface area contributed by atoms with Crippen LogP contribution in [0.4, 0.5) is 13.2 Å². The molecule has 0 aliphatic rings. The lowest BCUT2D eigenvalue weighted by Gasteiger charge is -2.05. The van der Waals surface area contributed by atoms with Crippen LogP contribution >= 0.6 is 11.6 Å². The van der Waals surface area contributed by atoms with E-state index >= 15 is 0 Å². The summed E-state index contributed by atoms with van der Waals surface area (Å²) in [6.07, 6.45) is -4.50. The molecule has 0 aliphatic carbocycles. The summed E-state index contributed by atoms with van der Waals surface area (Å²) in [6, 6.07) is 0. The fourth-order valence-electron chi connectivity index (χ4n) is 1.08. The first-order chi connectivity index (χ1) is 6.25. The molecule has 0 spiro atoms. The predicted molar refractivity (Wildman–Crippen MR) is 47.9 cm³/mol. The second-order valence-electron chi connectivity index (χ2n) is 2.92. The van der Waals surface area contributed by atoms with E-state index in [0.717, 1.165) is 4.68 Å². The highest BCUT2D eigenvalue weighted by molar-refractivity contribution is 6.31. The van der Waals surface area contributed by atoms with Crippen molar-refractivity contribution in [2.24, 2.45) is 7.05 Å². The third-order valence-corrected chi connectivity index (χ3v) is 2.11. The normalized spacial score (nSPS) is 11.9. The minimum Gasteiger partial charge on any atom is -0.256 e. The molecule has 78 valence electrons. The quantitative estimate of drug-likeness (QED) is 0.717. The van der Waals surface area contributed by atoms with Crippen LogP contribution in [0.1, 0.15) is 18.2 Å². The Morgan fingerprint density at radius 3 is 2.29 bits per heavy atom. The van der Waals surface area contributed by atoms with Crippen LogP contribution in [0.25, 0.3) is 5.57 Å². The van der Waals surface area contributed by atoms with Crippen molar-refractivity contribution in [2.75, 3.05) is 0 Å². The lowest BCUT2D eigenvalue weighted by Crippen LogP contribution is -2.08. The maximum Gasteiger partial charge on any atom is 0.435 e. The van der Waals surface area contributed by atoms with Crippen molar-refractivity contribution in [3.05, 3.63) is 23.0 Å². The first-order valence-corrected chi connectivity index (χ1v) is 4.08. The van der Waals surface area contributed by atoms with E-state index in [1.54, 1.807) is 0 Å². The maximum atomic E-state index is 12.4. The number of alkyl halides is 3. The molecule has 1 aromatic rings. The molecule has 0 atom stereocenters. The average molecular weight is 225 g/mol. The number of rotatable bonds is 1. The average Bonchev–Trinajstić information content (AvgIpc) is 2.27. The summed E-state index contributed by atoms with van der Waals surface area (Å²) in [5, 5.41) is 3.25. The second-order valence-corrected chi connectivity index (χ2v) is 3.27. The highest BCUT2D eigenvalue weighted by Gasteiger charge is 2.38. The minimum atomic E-state index is -4.50. The van der Waals surface area contributed by atoms with Crippen LogP contribution in [0.2, 0.25) is 5.15 Å². The molecule has 0 aromatic carbocycles. The van der Waals surface area contributed by atoms with E-state index in [4.69, 9.17) is 11.6 Å². The minimum absolute atomic E-state index is 0.0511. The number of aryl methyl sites for hydroxylation is 1. The van der Waals surface area contributed by atoms with Gasteiger partial charge in [0, 0.05) is 12.6 Å². The van der Waals surface area contributed by atoms with Crippen molar-refractivity contribution in [1.82, 2.24) is 9.78 Å². The summed E-state index contributed by atoms with van der Waals surface area (Å²) in [4.78, 5) is 0. The molecule has 0 aliphatic heterocycles. The molecular formula is C8H8ClF3N2. The Kier molecular flexibility index (Phi) is 2.63. The van der Waals surface area contributed by atoms with Gasteiger partial charge >= 0.3 is 6.18 Å². The number of hydrogen-bond donors (Lipinski definition) is 0. The Hall–Kier alpha value is -0.970. The third-order valence-electron chi connectivity index (χ3n) is 1.67. The largest absolute Gasteiger partial charge is 0.435 e. The first kappa shape index (κ1) is 11.1. The van der Waals surface area contributed by atoms with Crippen molar-refractivity contribution in [3.8, 4) is 0 Å². The molecular weight excluding hydrogens is 217 g/mol. The Morgan fingerprint density at radius 1 is 1.50 bits per heavy atom. The standard InChI is InChI=1S/C8H8ClF3N2/c1-4(2)5-6(8(10,11)12)13-14(3)7(5)9/h1H2,2-3H3. The van der Waals surface area contributed by atoms with Gasteiger partial charge in [-0.1, -0.05) is 18.2 Å². The summed E-state index contributed by atoms with van der Waals surface area (Å²) in [7, 11) is 1.35. The van der Waals surface area contributed by atoms with Crippen LogP contribution in [0.3, 0.4) is 0 Å². The summed E-state index contributed by atoms with van der Waals surface area (Å²) in [5.74, 6) is 0. The zero-order chi connectivity index (χ0) is 11.1. The molecule has 0 bridgehead atoms. The van der Waals surface area contributed by atoms with Gasteiger partial charge in [-0.3, -0.25) is 4.68 Å². The fraction of sp³-hybridized carbons (Fsp3) is 0.375. The molecule has 14 heavy (non-hydrogen) atoms. The maximum absolute atomic E-state index is 12.4. The Morgan fingerprint density at radius 2 is 2.00 bits per heavy atom. The topological polar surface area (TPSA) is 17.8 Å². The van der Waals surface area contributed by atoms with Crippen LogP contribution in [-0.4, -0.2) is 9.78 Å². The van der Waals surface area contributed by atoms with Gasteiger partial charge in [-0.15, -0.1) is 0 Å². The molecule has 0 radical (unpaired) electrons. The van der Waals surface area contributed by atoms with E-state index in [0.29, 0.717) is 0 Å². The monoisotopic (exact) mass is 224 g/mol. The van der Waals surface area contributed by atoms with Crippen LogP contribution in [0.5, 0.6) is 0 Å². The highest BCUT2D eigenvalue weighted by Crippen LogP contribution is 2.36. The van der Waals surface area contributed by atoms with Crippen LogP contribution < -0.4 is 0 Å². The molecule has 0 saturated heterocycles. The Balaban J connectivity index is 3.45. The van der Waals surface area contributed by atoms with E-state index in [2.05, 4.69) is 11.7 Å². The summed E-state index contributed by atoms with van der Waals surface area (Å²) in [5.41, 5.74) is -0.880. The molecule has 0 N–H and O–H groups in total. The summed E-state index contributed by atoms with van der Waals surface area (Å²) < 4.78 is 38.3. The van der Waals surface area contributed by atoms with Gasteiger partial charge in [0.25, 0.3) is 0 Å². The van der Waals surface area contributed by atoms with E-state index in [9.17, 15) is 13.2 Å². The van der Waals surface area contributed by atoms with Gasteiger partial charge < -0.3 is 0 Å². The van der Waals surface area contributed by atoms with E-state index in [-0.39, 0.29) is 16.3 Å². The van der Waals surface area contributed by atoms with Crippen molar-refractivity contribution in [2.45, 2.75) is 13.1 Å². The molecule has 0 amide bonds. The second kappa shape index (κ2) is 3.31. The van der Waals surface area contributed by atoms with Crippen LogP contribution in [0, 0.1) is 0 Å². The highest BCUT2D eigenvalue weighted by atomic mass is 35.5. The molecule has 0 fully saturated rings. The van der Waals surface area contributed by atoms with Gasteiger partial charge in [-0.2, -0.15) is 18.3 Å². The van der Waals surface area contributed by atoms with Gasteiger partial charge in [0.15, 0.2) is 5.69 Å².